The first-order chi connectivity index (χ1) is 18.3. The maximum Gasteiger partial charge on any atom is 0.391 e. The van der Waals surface area contributed by atoms with Crippen LogP contribution < -0.4 is 5.32 Å². The van der Waals surface area contributed by atoms with Crippen LogP contribution in [0.15, 0.2) is 47.4 Å². The van der Waals surface area contributed by atoms with Crippen molar-refractivity contribution in [2.45, 2.75) is 70.1 Å². The van der Waals surface area contributed by atoms with Crippen molar-refractivity contribution in [1.29, 1.82) is 0 Å². The normalized spacial score (nSPS) is 21.8. The summed E-state index contributed by atoms with van der Waals surface area (Å²) >= 11 is 0. The molecule has 2 aromatic carbocycles. The van der Waals surface area contributed by atoms with E-state index in [1.54, 1.807) is 42.2 Å². The van der Waals surface area contributed by atoms with E-state index in [-0.39, 0.29) is 59.7 Å². The summed E-state index contributed by atoms with van der Waals surface area (Å²) in [5.41, 5.74) is 2.37. The number of fused-ring (bicyclic) bond motifs is 1. The highest BCUT2D eigenvalue weighted by atomic mass is 32.2. The van der Waals surface area contributed by atoms with Gasteiger partial charge < -0.3 is 10.2 Å². The number of rotatable bonds is 8. The molecule has 2 aliphatic rings. The van der Waals surface area contributed by atoms with Crippen LogP contribution in [0.3, 0.4) is 0 Å². The van der Waals surface area contributed by atoms with Crippen molar-refractivity contribution in [2.24, 2.45) is 17.8 Å². The first-order valence-corrected chi connectivity index (χ1v) is 15.1. The van der Waals surface area contributed by atoms with Crippen LogP contribution in [0.5, 0.6) is 0 Å². The number of halogens is 3. The Bertz CT molecular complexity index is 1320. The number of amides is 2. The van der Waals surface area contributed by atoms with E-state index < -0.39 is 21.9 Å². The summed E-state index contributed by atoms with van der Waals surface area (Å²) in [6.45, 7) is 6.20. The first kappa shape index (κ1) is 29.1. The molecule has 1 saturated carbocycles. The van der Waals surface area contributed by atoms with Crippen LogP contribution in [0.2, 0.25) is 0 Å². The Morgan fingerprint density at radius 2 is 1.69 bits per heavy atom. The number of alkyl halides is 3. The lowest BCUT2D eigenvalue weighted by Gasteiger charge is -2.35. The van der Waals surface area contributed by atoms with Crippen LogP contribution >= 0.6 is 0 Å². The van der Waals surface area contributed by atoms with Crippen LogP contribution in [-0.4, -0.2) is 43.6 Å². The van der Waals surface area contributed by atoms with Gasteiger partial charge in [-0.2, -0.15) is 13.2 Å². The Hall–Kier alpha value is -2.88. The fourth-order valence-corrected chi connectivity index (χ4v) is 6.61. The maximum atomic E-state index is 13.5. The van der Waals surface area contributed by atoms with Gasteiger partial charge in [-0.25, -0.2) is 8.42 Å². The van der Waals surface area contributed by atoms with E-state index in [0.717, 1.165) is 11.1 Å². The van der Waals surface area contributed by atoms with Gasteiger partial charge in [0.05, 0.1) is 22.6 Å². The van der Waals surface area contributed by atoms with Gasteiger partial charge in [0.15, 0.2) is 9.84 Å². The summed E-state index contributed by atoms with van der Waals surface area (Å²) in [6.07, 6.45) is -3.10. The zero-order chi connectivity index (χ0) is 28.5. The fourth-order valence-electron chi connectivity index (χ4n) is 5.72. The van der Waals surface area contributed by atoms with E-state index in [1.807, 2.05) is 13.8 Å². The molecule has 39 heavy (non-hydrogen) atoms. The van der Waals surface area contributed by atoms with Gasteiger partial charge >= 0.3 is 6.18 Å². The predicted octanol–water partition coefficient (Wildman–Crippen LogP) is 5.93. The van der Waals surface area contributed by atoms with Gasteiger partial charge in [-0.05, 0) is 72.9 Å². The number of nitrogens with zero attached hydrogens (tertiary/aromatic N) is 1. The molecule has 1 N–H and O–H groups in total. The van der Waals surface area contributed by atoms with Gasteiger partial charge in [-0.15, -0.1) is 0 Å². The first-order valence-electron chi connectivity index (χ1n) is 13.4. The highest BCUT2D eigenvalue weighted by Gasteiger charge is 2.44. The molecule has 2 amide bonds. The molecule has 6 nitrogen and oxygen atoms in total. The number of nitrogens with one attached hydrogen (secondary N) is 1. The second-order valence-electron chi connectivity index (χ2n) is 10.9. The SMILES string of the molecule is CCS(=O)(=O)c1ccc(CNC(=O)c2ccc3c(c2)C(=O)N(CC2CCC(C(F)(F)F)CC2)[C@H]3C(C)C)cc1. The summed E-state index contributed by atoms with van der Waals surface area (Å²) in [4.78, 5) is 28.4. The van der Waals surface area contributed by atoms with Gasteiger partial charge in [-0.3, -0.25) is 9.59 Å². The van der Waals surface area contributed by atoms with Crippen LogP contribution in [-0.2, 0) is 16.4 Å². The molecular formula is C29H35F3N2O4S. The minimum absolute atomic E-state index is 0.00834. The maximum absolute atomic E-state index is 13.5. The highest BCUT2D eigenvalue weighted by molar-refractivity contribution is 7.91. The third-order valence-electron chi connectivity index (χ3n) is 7.97. The summed E-state index contributed by atoms with van der Waals surface area (Å²) in [7, 11) is -3.30. The summed E-state index contributed by atoms with van der Waals surface area (Å²) in [5, 5.41) is 2.82. The van der Waals surface area contributed by atoms with E-state index in [9.17, 15) is 31.2 Å². The van der Waals surface area contributed by atoms with Gasteiger partial charge in [-0.1, -0.05) is 39.0 Å². The van der Waals surface area contributed by atoms with Gasteiger partial charge in [0.1, 0.15) is 0 Å². The van der Waals surface area contributed by atoms with E-state index in [4.69, 9.17) is 0 Å². The highest BCUT2D eigenvalue weighted by Crippen LogP contribution is 2.43. The molecule has 212 valence electrons. The molecule has 1 heterocycles. The fraction of sp³-hybridized carbons (Fsp3) is 0.517. The van der Waals surface area contributed by atoms with E-state index in [0.29, 0.717) is 30.5 Å². The molecule has 1 aliphatic carbocycles. The quantitative estimate of drug-likeness (QED) is 0.431. The Kier molecular flexibility index (Phi) is 8.44. The molecular weight excluding hydrogens is 529 g/mol. The predicted molar refractivity (Wildman–Crippen MR) is 142 cm³/mol. The molecule has 1 aliphatic heterocycles. The average Bonchev–Trinajstić information content (AvgIpc) is 3.18. The second kappa shape index (κ2) is 11.3. The van der Waals surface area contributed by atoms with Gasteiger partial charge in [0, 0.05) is 24.2 Å². The largest absolute Gasteiger partial charge is 0.391 e. The van der Waals surface area contributed by atoms with Crippen LogP contribution in [0.25, 0.3) is 0 Å². The lowest BCUT2D eigenvalue weighted by atomic mass is 9.81. The summed E-state index contributed by atoms with van der Waals surface area (Å²) in [6, 6.07) is 11.2. The molecule has 1 fully saturated rings. The van der Waals surface area contributed by atoms with E-state index in [1.165, 1.54) is 12.1 Å². The topological polar surface area (TPSA) is 83.5 Å². The van der Waals surface area contributed by atoms with Crippen molar-refractivity contribution in [2.75, 3.05) is 12.3 Å². The Morgan fingerprint density at radius 1 is 1.05 bits per heavy atom. The lowest BCUT2D eigenvalue weighted by molar-refractivity contribution is -0.184. The lowest BCUT2D eigenvalue weighted by Crippen LogP contribution is -2.37. The van der Waals surface area contributed by atoms with Crippen molar-refractivity contribution in [3.63, 3.8) is 0 Å². The van der Waals surface area contributed by atoms with Crippen molar-refractivity contribution < 1.29 is 31.2 Å². The smallest absolute Gasteiger partial charge is 0.348 e. The summed E-state index contributed by atoms with van der Waals surface area (Å²) in [5.74, 6) is -1.69. The van der Waals surface area contributed by atoms with Gasteiger partial charge in [0.25, 0.3) is 11.8 Å². The van der Waals surface area contributed by atoms with Crippen molar-refractivity contribution in [3.8, 4) is 0 Å². The van der Waals surface area contributed by atoms with Crippen molar-refractivity contribution in [1.82, 2.24) is 10.2 Å². The monoisotopic (exact) mass is 564 g/mol. The molecule has 0 bridgehead atoms. The number of sulfone groups is 1. The average molecular weight is 565 g/mol. The standard InChI is InChI=1S/C29H35F3N2O4S/c1-4-39(37,38)23-12-7-19(8-13-23)16-33-27(35)21-9-14-24-25(15-21)28(36)34(26(24)18(2)3)17-20-5-10-22(11-6-20)29(30,31)32/h7-9,12-15,18,20,22,26H,4-6,10-11,16-17H2,1-3H3,(H,33,35)/t20?,22?,26-/m0/s1. The molecule has 0 unspecified atom stereocenters. The zero-order valence-corrected chi connectivity index (χ0v) is 23.2. The number of hydrogen-bond donors (Lipinski definition) is 1. The van der Waals surface area contributed by atoms with Gasteiger partial charge in [0.2, 0.25) is 0 Å². The minimum Gasteiger partial charge on any atom is -0.348 e. The number of hydrogen-bond acceptors (Lipinski definition) is 4. The minimum atomic E-state index is -4.17. The molecule has 2 aromatic rings. The number of benzene rings is 2. The molecule has 0 radical (unpaired) electrons. The third kappa shape index (κ3) is 6.31. The van der Waals surface area contributed by atoms with Crippen molar-refractivity contribution >= 4 is 21.7 Å². The van der Waals surface area contributed by atoms with Crippen molar-refractivity contribution in [3.05, 3.63) is 64.7 Å². The van der Waals surface area contributed by atoms with E-state index in [2.05, 4.69) is 5.32 Å². The van der Waals surface area contributed by atoms with Crippen LogP contribution in [0.4, 0.5) is 13.2 Å². The Balaban J connectivity index is 1.43. The molecule has 0 saturated heterocycles. The molecule has 4 rings (SSSR count). The second-order valence-corrected chi connectivity index (χ2v) is 13.2. The number of carbonyl (C=O) groups excluding carboxylic acids is 2. The van der Waals surface area contributed by atoms with Crippen LogP contribution in [0, 0.1) is 17.8 Å². The Labute approximate surface area is 227 Å². The summed E-state index contributed by atoms with van der Waals surface area (Å²) < 4.78 is 63.2. The molecule has 10 heteroatoms. The Morgan fingerprint density at radius 3 is 2.26 bits per heavy atom. The molecule has 1 atom stereocenters. The van der Waals surface area contributed by atoms with Crippen LogP contribution in [0.1, 0.15) is 84.3 Å². The zero-order valence-electron chi connectivity index (χ0n) is 22.4. The third-order valence-corrected chi connectivity index (χ3v) is 9.72. The number of carbonyl (C=O) groups is 2. The van der Waals surface area contributed by atoms with E-state index >= 15 is 0 Å². The molecule has 0 spiro atoms. The molecule has 0 aromatic heterocycles.